The summed E-state index contributed by atoms with van der Waals surface area (Å²) in [5.74, 6) is 0. The molecule has 0 saturated heterocycles. The van der Waals surface area contributed by atoms with Crippen molar-refractivity contribution in [1.82, 2.24) is 0 Å². The number of halogens is 1. The second kappa shape index (κ2) is 6.21. The van der Waals surface area contributed by atoms with Crippen LogP contribution in [-0.2, 0) is 0 Å². The van der Waals surface area contributed by atoms with Crippen LogP contribution in [0.4, 0.5) is 4.39 Å². The highest BCUT2D eigenvalue weighted by molar-refractivity contribution is 7.08. The summed E-state index contributed by atoms with van der Waals surface area (Å²) in [4.78, 5) is 19.7. The van der Waals surface area contributed by atoms with Gasteiger partial charge < -0.3 is 0 Å². The topological polar surface area (TPSA) is 34.1 Å². The number of hydrogen-bond acceptors (Lipinski definition) is 4. The van der Waals surface area contributed by atoms with Crippen LogP contribution in [0.25, 0.3) is 0 Å². The van der Waals surface area contributed by atoms with Gasteiger partial charge in [0.25, 0.3) is 0 Å². The van der Waals surface area contributed by atoms with Crippen molar-refractivity contribution in [2.24, 2.45) is 0 Å². The Bertz CT molecular complexity index is 420. The van der Waals surface area contributed by atoms with Crippen LogP contribution in [-0.4, -0.2) is 12.6 Å². The molecule has 78 valence electrons. The maximum Gasteiger partial charge on any atom is 0.177 e. The molecule has 0 radical (unpaired) electrons. The monoisotopic (exact) mass is 242 g/mol. The van der Waals surface area contributed by atoms with Gasteiger partial charge in [-0.05, 0) is 17.5 Å². The molecule has 0 atom stereocenters. The molecule has 0 amide bonds. The number of aldehydes is 2. The summed E-state index contributed by atoms with van der Waals surface area (Å²) in [6, 6.07) is 3.00. The Balaban J connectivity index is 0.000000151. The third-order valence-corrected chi connectivity index (χ3v) is 2.84. The second-order valence-corrected chi connectivity index (χ2v) is 4.12. The second-order valence-electron chi connectivity index (χ2n) is 2.48. The van der Waals surface area contributed by atoms with Crippen molar-refractivity contribution >= 4 is 35.2 Å². The average Bonchev–Trinajstić information content (AvgIpc) is 2.88. The number of rotatable bonds is 2. The number of carbonyl (C=O) groups excluding carboxylic acids is 2. The summed E-state index contributed by atoms with van der Waals surface area (Å²) in [5.41, 5.74) is 1.18. The van der Waals surface area contributed by atoms with Gasteiger partial charge in [0.05, 0.1) is 0 Å². The Hall–Kier alpha value is -1.33. The molecule has 0 aromatic carbocycles. The van der Waals surface area contributed by atoms with Gasteiger partial charge in [0, 0.05) is 21.9 Å². The fraction of sp³-hybridized carbons (Fsp3) is 0. The normalized spacial score (nSPS) is 8.87. The zero-order valence-corrected chi connectivity index (χ0v) is 9.19. The van der Waals surface area contributed by atoms with E-state index in [0.29, 0.717) is 11.8 Å². The highest BCUT2D eigenvalue weighted by Crippen LogP contribution is 2.09. The fourth-order valence-electron chi connectivity index (χ4n) is 0.727. The SMILES string of the molecule is O=Cc1ccsc1.O=Cc1csc(F)c1. The third kappa shape index (κ3) is 4.14. The molecule has 2 nitrogen and oxygen atoms in total. The van der Waals surface area contributed by atoms with E-state index < -0.39 is 0 Å². The molecular weight excluding hydrogens is 235 g/mol. The molecule has 0 aliphatic heterocycles. The van der Waals surface area contributed by atoms with E-state index in [4.69, 9.17) is 0 Å². The molecule has 0 saturated carbocycles. The first-order chi connectivity index (χ1) is 7.26. The minimum Gasteiger partial charge on any atom is -0.298 e. The Kier molecular flexibility index (Phi) is 4.86. The van der Waals surface area contributed by atoms with E-state index in [2.05, 4.69) is 0 Å². The van der Waals surface area contributed by atoms with Crippen LogP contribution in [0.1, 0.15) is 20.7 Å². The zero-order chi connectivity index (χ0) is 11.1. The molecule has 2 heterocycles. The molecule has 0 aliphatic carbocycles. The fourth-order valence-corrected chi connectivity index (χ4v) is 1.91. The summed E-state index contributed by atoms with van der Waals surface area (Å²) in [7, 11) is 0. The lowest BCUT2D eigenvalue weighted by atomic mass is 10.4. The summed E-state index contributed by atoms with van der Waals surface area (Å²) < 4.78 is 12.0. The molecule has 2 aromatic heterocycles. The Morgan fingerprint density at radius 3 is 2.13 bits per heavy atom. The molecule has 2 aromatic rings. The van der Waals surface area contributed by atoms with Crippen molar-refractivity contribution in [2.75, 3.05) is 0 Å². The van der Waals surface area contributed by atoms with Gasteiger partial charge in [0.2, 0.25) is 0 Å². The van der Waals surface area contributed by atoms with Crippen LogP contribution in [0.3, 0.4) is 0 Å². The third-order valence-electron chi connectivity index (χ3n) is 1.40. The Labute approximate surface area is 94.0 Å². The van der Waals surface area contributed by atoms with Gasteiger partial charge in [0.15, 0.2) is 17.7 Å². The van der Waals surface area contributed by atoms with Crippen molar-refractivity contribution in [2.45, 2.75) is 0 Å². The van der Waals surface area contributed by atoms with Crippen LogP contribution in [0.5, 0.6) is 0 Å². The van der Waals surface area contributed by atoms with Gasteiger partial charge in [-0.15, -0.1) is 11.3 Å². The number of hydrogen-bond donors (Lipinski definition) is 0. The lowest BCUT2D eigenvalue weighted by Crippen LogP contribution is -1.66. The molecule has 0 fully saturated rings. The van der Waals surface area contributed by atoms with Gasteiger partial charge in [0.1, 0.15) is 0 Å². The van der Waals surface area contributed by atoms with E-state index in [-0.39, 0.29) is 5.13 Å². The minimum absolute atomic E-state index is 0.313. The van der Waals surface area contributed by atoms with Crippen LogP contribution in [0, 0.1) is 5.13 Å². The molecule has 0 bridgehead atoms. The van der Waals surface area contributed by atoms with Crippen molar-refractivity contribution < 1.29 is 14.0 Å². The zero-order valence-electron chi connectivity index (χ0n) is 7.55. The van der Waals surface area contributed by atoms with Crippen LogP contribution in [0.2, 0.25) is 0 Å². The van der Waals surface area contributed by atoms with Gasteiger partial charge >= 0.3 is 0 Å². The first-order valence-electron chi connectivity index (χ1n) is 3.93. The number of carbonyl (C=O) groups is 2. The van der Waals surface area contributed by atoms with E-state index in [0.717, 1.165) is 23.2 Å². The van der Waals surface area contributed by atoms with E-state index in [1.165, 1.54) is 22.8 Å². The van der Waals surface area contributed by atoms with E-state index in [1.807, 2.05) is 10.8 Å². The minimum atomic E-state index is -0.313. The van der Waals surface area contributed by atoms with Crippen molar-refractivity contribution in [3.05, 3.63) is 44.5 Å². The van der Waals surface area contributed by atoms with E-state index in [1.54, 1.807) is 6.07 Å². The molecule has 15 heavy (non-hydrogen) atoms. The summed E-state index contributed by atoms with van der Waals surface area (Å²) in [5, 5.41) is 4.85. The molecular formula is C10H7FO2S2. The Morgan fingerprint density at radius 2 is 1.87 bits per heavy atom. The van der Waals surface area contributed by atoms with Crippen LogP contribution < -0.4 is 0 Å². The number of thiophene rings is 2. The quantitative estimate of drug-likeness (QED) is 0.757. The van der Waals surface area contributed by atoms with Gasteiger partial charge in [-0.1, -0.05) is 0 Å². The van der Waals surface area contributed by atoms with Gasteiger partial charge in [-0.3, -0.25) is 9.59 Å². The molecule has 0 spiro atoms. The van der Waals surface area contributed by atoms with E-state index in [9.17, 15) is 14.0 Å². The lowest BCUT2D eigenvalue weighted by Gasteiger charge is -1.67. The molecule has 0 N–H and O–H groups in total. The maximum absolute atomic E-state index is 12.0. The lowest BCUT2D eigenvalue weighted by molar-refractivity contribution is 0.111. The molecule has 2 rings (SSSR count). The predicted octanol–water partition coefficient (Wildman–Crippen LogP) is 3.26. The highest BCUT2D eigenvalue weighted by Gasteiger charge is 1.93. The summed E-state index contributed by atoms with van der Waals surface area (Å²) in [6.45, 7) is 0. The highest BCUT2D eigenvalue weighted by atomic mass is 32.1. The molecule has 5 heteroatoms. The summed E-state index contributed by atoms with van der Waals surface area (Å²) >= 11 is 2.46. The van der Waals surface area contributed by atoms with Crippen molar-refractivity contribution in [1.29, 1.82) is 0 Å². The van der Waals surface area contributed by atoms with Gasteiger partial charge in [-0.2, -0.15) is 15.7 Å². The van der Waals surface area contributed by atoms with Gasteiger partial charge in [-0.25, -0.2) is 0 Å². The van der Waals surface area contributed by atoms with Crippen molar-refractivity contribution in [3.8, 4) is 0 Å². The first kappa shape index (κ1) is 11.7. The smallest absolute Gasteiger partial charge is 0.177 e. The van der Waals surface area contributed by atoms with Crippen LogP contribution in [0.15, 0.2) is 28.3 Å². The van der Waals surface area contributed by atoms with Crippen LogP contribution >= 0.6 is 22.7 Å². The first-order valence-corrected chi connectivity index (χ1v) is 5.75. The standard InChI is InChI=1S/C5H3FOS.C5H4OS/c6-5-1-4(2-7)3-8-5;6-3-5-1-2-7-4-5/h1-3H;1-4H. The largest absolute Gasteiger partial charge is 0.298 e. The van der Waals surface area contributed by atoms with E-state index >= 15 is 0 Å². The maximum atomic E-state index is 12.0. The van der Waals surface area contributed by atoms with Crippen molar-refractivity contribution in [3.63, 3.8) is 0 Å². The molecule has 0 unspecified atom stereocenters. The molecule has 0 aliphatic rings. The predicted molar refractivity (Wildman–Crippen MR) is 59.4 cm³/mol. The summed E-state index contributed by atoms with van der Waals surface area (Å²) in [6.07, 6.45) is 1.47. The average molecular weight is 242 g/mol. The Morgan fingerprint density at radius 1 is 1.13 bits per heavy atom.